The van der Waals surface area contributed by atoms with Gasteiger partial charge >= 0.3 is 0 Å². The summed E-state index contributed by atoms with van der Waals surface area (Å²) in [6.45, 7) is 10.6. The first-order valence-electron chi connectivity index (χ1n) is 8.68. The van der Waals surface area contributed by atoms with Gasteiger partial charge in [0.05, 0.1) is 0 Å². The Morgan fingerprint density at radius 1 is 1.14 bits per heavy atom. The smallest absolute Gasteiger partial charge is 0.0192 e. The van der Waals surface area contributed by atoms with Crippen LogP contribution in [0.15, 0.2) is 24.3 Å². The van der Waals surface area contributed by atoms with Crippen molar-refractivity contribution < 1.29 is 0 Å². The van der Waals surface area contributed by atoms with Gasteiger partial charge in [-0.15, -0.1) is 0 Å². The maximum absolute atomic E-state index is 3.72. The van der Waals surface area contributed by atoms with Crippen LogP contribution >= 0.6 is 0 Å². The summed E-state index contributed by atoms with van der Waals surface area (Å²) in [4.78, 5) is 2.64. The summed E-state index contributed by atoms with van der Waals surface area (Å²) in [6, 6.07) is 10.2. The van der Waals surface area contributed by atoms with Crippen LogP contribution in [0.1, 0.15) is 50.7 Å². The minimum Gasteiger partial charge on any atom is -0.313 e. The van der Waals surface area contributed by atoms with Crippen LogP contribution in [-0.2, 0) is 6.42 Å². The molecule has 0 radical (unpaired) electrons. The Kier molecular flexibility index (Phi) is 6.72. The lowest BCUT2D eigenvalue weighted by Gasteiger charge is -2.33. The van der Waals surface area contributed by atoms with Crippen molar-refractivity contribution in [3.05, 3.63) is 35.4 Å². The van der Waals surface area contributed by atoms with Crippen LogP contribution in [0.5, 0.6) is 0 Å². The van der Waals surface area contributed by atoms with Gasteiger partial charge in [-0.25, -0.2) is 0 Å². The van der Waals surface area contributed by atoms with Crippen LogP contribution in [-0.4, -0.2) is 36.6 Å². The SMILES string of the molecule is Cc1cccc(CCC(C)NCC(C)N2CCCCC2)c1. The van der Waals surface area contributed by atoms with Crippen LogP contribution in [0.2, 0.25) is 0 Å². The molecule has 0 spiro atoms. The maximum Gasteiger partial charge on any atom is 0.0192 e. The van der Waals surface area contributed by atoms with Crippen LogP contribution in [0.3, 0.4) is 0 Å². The number of rotatable bonds is 7. The van der Waals surface area contributed by atoms with Crippen molar-refractivity contribution in [2.75, 3.05) is 19.6 Å². The Labute approximate surface area is 130 Å². The molecule has 2 atom stereocenters. The zero-order chi connectivity index (χ0) is 15.1. The summed E-state index contributed by atoms with van der Waals surface area (Å²) >= 11 is 0. The van der Waals surface area contributed by atoms with Gasteiger partial charge in [-0.1, -0.05) is 36.2 Å². The van der Waals surface area contributed by atoms with Gasteiger partial charge in [0.25, 0.3) is 0 Å². The van der Waals surface area contributed by atoms with Crippen molar-refractivity contribution in [3.8, 4) is 0 Å². The van der Waals surface area contributed by atoms with E-state index in [1.807, 2.05) is 0 Å². The van der Waals surface area contributed by atoms with Crippen molar-refractivity contribution in [2.24, 2.45) is 0 Å². The van der Waals surface area contributed by atoms with E-state index in [1.165, 1.54) is 56.3 Å². The van der Waals surface area contributed by atoms with E-state index in [0.29, 0.717) is 12.1 Å². The number of likely N-dealkylation sites (tertiary alicyclic amines) is 1. The highest BCUT2D eigenvalue weighted by Gasteiger charge is 2.16. The molecule has 1 heterocycles. The van der Waals surface area contributed by atoms with Gasteiger partial charge in [0.1, 0.15) is 0 Å². The Balaban J connectivity index is 1.66. The monoisotopic (exact) mass is 288 g/mol. The van der Waals surface area contributed by atoms with Gasteiger partial charge in [0.15, 0.2) is 0 Å². The van der Waals surface area contributed by atoms with Crippen molar-refractivity contribution in [2.45, 2.75) is 65.0 Å². The van der Waals surface area contributed by atoms with E-state index in [1.54, 1.807) is 0 Å². The number of nitrogens with zero attached hydrogens (tertiary/aromatic N) is 1. The van der Waals surface area contributed by atoms with E-state index < -0.39 is 0 Å². The fraction of sp³-hybridized carbons (Fsp3) is 0.684. The molecule has 1 aromatic carbocycles. The molecular formula is C19H32N2. The molecule has 0 amide bonds. The Morgan fingerprint density at radius 3 is 2.62 bits per heavy atom. The standard InChI is InChI=1S/C19H32N2/c1-16-8-7-9-19(14-16)11-10-17(2)20-15-18(3)21-12-5-4-6-13-21/h7-9,14,17-18,20H,4-6,10-13,15H2,1-3H3. The Bertz CT molecular complexity index is 410. The first-order valence-corrected chi connectivity index (χ1v) is 8.68. The summed E-state index contributed by atoms with van der Waals surface area (Å²) in [7, 11) is 0. The lowest BCUT2D eigenvalue weighted by molar-refractivity contribution is 0.168. The molecule has 1 fully saturated rings. The number of benzene rings is 1. The average Bonchev–Trinajstić information content (AvgIpc) is 2.51. The summed E-state index contributed by atoms with van der Waals surface area (Å²) in [5.74, 6) is 0. The average molecular weight is 288 g/mol. The molecular weight excluding hydrogens is 256 g/mol. The second-order valence-electron chi connectivity index (χ2n) is 6.78. The molecule has 0 aromatic heterocycles. The van der Waals surface area contributed by atoms with E-state index in [-0.39, 0.29) is 0 Å². The normalized spacial score (nSPS) is 19.4. The molecule has 1 N–H and O–H groups in total. The van der Waals surface area contributed by atoms with Gasteiger partial charge < -0.3 is 5.32 Å². The molecule has 1 saturated heterocycles. The minimum absolute atomic E-state index is 0.595. The van der Waals surface area contributed by atoms with E-state index in [9.17, 15) is 0 Å². The third-order valence-corrected chi connectivity index (χ3v) is 4.72. The van der Waals surface area contributed by atoms with Crippen LogP contribution in [0.25, 0.3) is 0 Å². The molecule has 2 rings (SSSR count). The van der Waals surface area contributed by atoms with Crippen molar-refractivity contribution in [1.82, 2.24) is 10.2 Å². The molecule has 1 aliphatic heterocycles. The summed E-state index contributed by atoms with van der Waals surface area (Å²) in [6.07, 6.45) is 6.58. The molecule has 1 aliphatic rings. The minimum atomic E-state index is 0.595. The fourth-order valence-corrected chi connectivity index (χ4v) is 3.21. The van der Waals surface area contributed by atoms with Gasteiger partial charge in [-0.05, 0) is 65.1 Å². The second kappa shape index (κ2) is 8.55. The first kappa shape index (κ1) is 16.5. The molecule has 2 unspecified atom stereocenters. The van der Waals surface area contributed by atoms with E-state index >= 15 is 0 Å². The van der Waals surface area contributed by atoms with Gasteiger partial charge in [0, 0.05) is 18.6 Å². The van der Waals surface area contributed by atoms with E-state index in [0.717, 1.165) is 6.54 Å². The van der Waals surface area contributed by atoms with Gasteiger partial charge in [-0.2, -0.15) is 0 Å². The highest BCUT2D eigenvalue weighted by molar-refractivity contribution is 5.22. The van der Waals surface area contributed by atoms with Crippen LogP contribution in [0.4, 0.5) is 0 Å². The predicted octanol–water partition coefficient (Wildman–Crippen LogP) is 3.78. The van der Waals surface area contributed by atoms with Crippen LogP contribution < -0.4 is 5.32 Å². The van der Waals surface area contributed by atoms with Crippen molar-refractivity contribution in [1.29, 1.82) is 0 Å². The molecule has 0 bridgehead atoms. The zero-order valence-corrected chi connectivity index (χ0v) is 14.1. The molecule has 0 saturated carbocycles. The lowest BCUT2D eigenvalue weighted by Crippen LogP contribution is -2.45. The van der Waals surface area contributed by atoms with Crippen molar-refractivity contribution in [3.63, 3.8) is 0 Å². The zero-order valence-electron chi connectivity index (χ0n) is 14.1. The summed E-state index contributed by atoms with van der Waals surface area (Å²) < 4.78 is 0. The second-order valence-corrected chi connectivity index (χ2v) is 6.78. The number of hydrogen-bond donors (Lipinski definition) is 1. The number of aryl methyl sites for hydroxylation is 2. The third kappa shape index (κ3) is 5.80. The fourth-order valence-electron chi connectivity index (χ4n) is 3.21. The summed E-state index contributed by atoms with van der Waals surface area (Å²) in [5.41, 5.74) is 2.83. The highest BCUT2D eigenvalue weighted by atomic mass is 15.2. The quantitative estimate of drug-likeness (QED) is 0.821. The predicted molar refractivity (Wildman–Crippen MR) is 91.9 cm³/mol. The number of piperidine rings is 1. The Hall–Kier alpha value is -0.860. The highest BCUT2D eigenvalue weighted by Crippen LogP contribution is 2.12. The van der Waals surface area contributed by atoms with Gasteiger partial charge in [0.2, 0.25) is 0 Å². The van der Waals surface area contributed by atoms with E-state index in [4.69, 9.17) is 0 Å². The van der Waals surface area contributed by atoms with Crippen molar-refractivity contribution >= 4 is 0 Å². The van der Waals surface area contributed by atoms with Crippen LogP contribution in [0, 0.1) is 6.92 Å². The summed E-state index contributed by atoms with van der Waals surface area (Å²) in [5, 5.41) is 3.72. The molecule has 118 valence electrons. The molecule has 2 nitrogen and oxygen atoms in total. The van der Waals surface area contributed by atoms with E-state index in [2.05, 4.69) is 55.3 Å². The molecule has 1 aromatic rings. The Morgan fingerprint density at radius 2 is 1.90 bits per heavy atom. The first-order chi connectivity index (χ1) is 10.1. The molecule has 21 heavy (non-hydrogen) atoms. The number of nitrogens with one attached hydrogen (secondary N) is 1. The molecule has 0 aliphatic carbocycles. The lowest BCUT2D eigenvalue weighted by atomic mass is 10.0. The topological polar surface area (TPSA) is 15.3 Å². The number of hydrogen-bond acceptors (Lipinski definition) is 2. The third-order valence-electron chi connectivity index (χ3n) is 4.72. The maximum atomic E-state index is 3.72. The van der Waals surface area contributed by atoms with Gasteiger partial charge in [-0.3, -0.25) is 4.90 Å². The molecule has 2 heteroatoms. The largest absolute Gasteiger partial charge is 0.313 e.